The second-order valence-electron chi connectivity index (χ2n) is 6.48. The van der Waals surface area contributed by atoms with E-state index in [4.69, 9.17) is 0 Å². The van der Waals surface area contributed by atoms with Crippen molar-refractivity contribution in [2.24, 2.45) is 5.92 Å². The van der Waals surface area contributed by atoms with Gasteiger partial charge in [0.25, 0.3) is 0 Å². The van der Waals surface area contributed by atoms with Gasteiger partial charge in [-0.3, -0.25) is 9.69 Å². The van der Waals surface area contributed by atoms with E-state index < -0.39 is 9.84 Å². The zero-order valence-electron chi connectivity index (χ0n) is 12.7. The molecule has 1 saturated carbocycles. The summed E-state index contributed by atoms with van der Waals surface area (Å²) in [6.45, 7) is 5.01. The number of ketones is 1. The molecule has 0 aromatic heterocycles. The molecule has 2 rings (SSSR count). The monoisotopic (exact) mass is 301 g/mol. The molecule has 1 heterocycles. The Kier molecular flexibility index (Phi) is 5.24. The fourth-order valence-corrected chi connectivity index (χ4v) is 4.44. The largest absolute Gasteiger partial charge is 0.299 e. The number of rotatable bonds is 5. The van der Waals surface area contributed by atoms with Crippen LogP contribution in [0.2, 0.25) is 0 Å². The minimum atomic E-state index is -2.98. The number of hydrogen-bond acceptors (Lipinski definition) is 4. The van der Waals surface area contributed by atoms with Crippen LogP contribution in [0.3, 0.4) is 0 Å². The SMILES string of the molecule is CC(C)S(=O)(=O)CCN1CCCC1C1CCCCC1=O. The van der Waals surface area contributed by atoms with Gasteiger partial charge >= 0.3 is 0 Å². The maximum absolute atomic E-state index is 12.1. The topological polar surface area (TPSA) is 54.5 Å². The van der Waals surface area contributed by atoms with E-state index in [1.54, 1.807) is 13.8 Å². The van der Waals surface area contributed by atoms with Crippen LogP contribution in [-0.4, -0.2) is 49.2 Å². The molecular weight excluding hydrogens is 274 g/mol. The highest BCUT2D eigenvalue weighted by Crippen LogP contribution is 2.32. The van der Waals surface area contributed by atoms with Crippen molar-refractivity contribution in [2.45, 2.75) is 63.7 Å². The van der Waals surface area contributed by atoms with Crippen molar-refractivity contribution in [3.63, 3.8) is 0 Å². The molecule has 0 amide bonds. The fraction of sp³-hybridized carbons (Fsp3) is 0.933. The van der Waals surface area contributed by atoms with E-state index in [2.05, 4.69) is 4.90 Å². The number of Topliss-reactive ketones (excluding diaryl/α,β-unsaturated/α-hetero) is 1. The van der Waals surface area contributed by atoms with Crippen LogP contribution < -0.4 is 0 Å². The molecule has 0 N–H and O–H groups in total. The molecule has 20 heavy (non-hydrogen) atoms. The number of carbonyl (C=O) groups is 1. The molecular formula is C15H27NO3S. The first kappa shape index (κ1) is 16.0. The molecule has 4 nitrogen and oxygen atoms in total. The van der Waals surface area contributed by atoms with Crippen molar-refractivity contribution < 1.29 is 13.2 Å². The number of carbonyl (C=O) groups excluding carboxylic acids is 1. The van der Waals surface area contributed by atoms with Gasteiger partial charge in [0, 0.05) is 24.9 Å². The first-order chi connectivity index (χ1) is 9.42. The van der Waals surface area contributed by atoms with Crippen LogP contribution in [0.5, 0.6) is 0 Å². The molecule has 0 radical (unpaired) electrons. The Morgan fingerprint density at radius 1 is 1.20 bits per heavy atom. The van der Waals surface area contributed by atoms with Gasteiger partial charge in [0.2, 0.25) is 0 Å². The maximum Gasteiger partial charge on any atom is 0.153 e. The van der Waals surface area contributed by atoms with Gasteiger partial charge in [-0.2, -0.15) is 0 Å². The smallest absolute Gasteiger partial charge is 0.153 e. The van der Waals surface area contributed by atoms with E-state index in [1.165, 1.54) is 0 Å². The lowest BCUT2D eigenvalue weighted by Crippen LogP contribution is -2.43. The lowest BCUT2D eigenvalue weighted by atomic mass is 9.82. The average molecular weight is 301 g/mol. The average Bonchev–Trinajstić information content (AvgIpc) is 2.85. The number of sulfone groups is 1. The predicted octanol–water partition coefficient (Wildman–Crippen LogP) is 2.03. The second kappa shape index (κ2) is 6.56. The van der Waals surface area contributed by atoms with Gasteiger partial charge in [-0.15, -0.1) is 0 Å². The summed E-state index contributed by atoms with van der Waals surface area (Å²) >= 11 is 0. The highest BCUT2D eigenvalue weighted by atomic mass is 32.2. The quantitative estimate of drug-likeness (QED) is 0.780. The van der Waals surface area contributed by atoms with E-state index in [0.717, 1.165) is 45.1 Å². The lowest BCUT2D eigenvalue weighted by Gasteiger charge is -2.33. The Morgan fingerprint density at radius 3 is 2.60 bits per heavy atom. The predicted molar refractivity (Wildman–Crippen MR) is 80.5 cm³/mol. The normalized spacial score (nSPS) is 29.2. The summed E-state index contributed by atoms with van der Waals surface area (Å²) in [4.78, 5) is 14.3. The zero-order chi connectivity index (χ0) is 14.8. The molecule has 5 heteroatoms. The molecule has 1 saturated heterocycles. The molecule has 2 fully saturated rings. The minimum Gasteiger partial charge on any atom is -0.299 e. The van der Waals surface area contributed by atoms with Gasteiger partial charge in [0.05, 0.1) is 11.0 Å². The third-order valence-electron chi connectivity index (χ3n) is 4.86. The zero-order valence-corrected chi connectivity index (χ0v) is 13.5. The van der Waals surface area contributed by atoms with Crippen LogP contribution in [-0.2, 0) is 14.6 Å². The van der Waals surface area contributed by atoms with Crippen LogP contribution in [0.1, 0.15) is 52.4 Å². The Hall–Kier alpha value is -0.420. The molecule has 0 spiro atoms. The summed E-state index contributed by atoms with van der Waals surface area (Å²) in [5.74, 6) is 0.787. The van der Waals surface area contributed by atoms with Crippen molar-refractivity contribution in [1.82, 2.24) is 4.90 Å². The Balaban J connectivity index is 1.95. The number of nitrogens with zero attached hydrogens (tertiary/aromatic N) is 1. The number of likely N-dealkylation sites (tertiary alicyclic amines) is 1. The van der Waals surface area contributed by atoms with Gasteiger partial charge in [0.15, 0.2) is 9.84 Å². The van der Waals surface area contributed by atoms with E-state index in [1.807, 2.05) is 0 Å². The van der Waals surface area contributed by atoms with Gasteiger partial charge in [-0.25, -0.2) is 8.42 Å². The second-order valence-corrected chi connectivity index (χ2v) is 9.16. The Morgan fingerprint density at radius 2 is 1.95 bits per heavy atom. The van der Waals surface area contributed by atoms with Crippen LogP contribution in [0.4, 0.5) is 0 Å². The Labute approximate surface area is 122 Å². The highest BCUT2D eigenvalue weighted by molar-refractivity contribution is 7.92. The molecule has 1 aliphatic carbocycles. The van der Waals surface area contributed by atoms with Crippen molar-refractivity contribution in [3.05, 3.63) is 0 Å². The van der Waals surface area contributed by atoms with Crippen LogP contribution in [0.25, 0.3) is 0 Å². The lowest BCUT2D eigenvalue weighted by molar-refractivity contribution is -0.126. The maximum atomic E-state index is 12.1. The molecule has 0 aromatic rings. The van der Waals surface area contributed by atoms with Crippen molar-refractivity contribution in [1.29, 1.82) is 0 Å². The Bertz CT molecular complexity index is 444. The summed E-state index contributed by atoms with van der Waals surface area (Å²) in [6, 6.07) is 0.296. The highest BCUT2D eigenvalue weighted by Gasteiger charge is 2.37. The molecule has 2 aliphatic rings. The molecule has 2 atom stereocenters. The van der Waals surface area contributed by atoms with Crippen molar-refractivity contribution in [2.75, 3.05) is 18.8 Å². The van der Waals surface area contributed by atoms with Gasteiger partial charge < -0.3 is 0 Å². The van der Waals surface area contributed by atoms with Gasteiger partial charge in [0.1, 0.15) is 5.78 Å². The van der Waals surface area contributed by atoms with Crippen molar-refractivity contribution in [3.8, 4) is 0 Å². The van der Waals surface area contributed by atoms with Crippen LogP contribution in [0, 0.1) is 5.92 Å². The minimum absolute atomic E-state index is 0.160. The first-order valence-corrected chi connectivity index (χ1v) is 9.61. The standard InChI is InChI=1S/C15H27NO3S/c1-12(2)20(18,19)11-10-16-9-5-7-14(16)13-6-3-4-8-15(13)17/h12-14H,3-11H2,1-2H3. The third-order valence-corrected chi connectivity index (χ3v) is 7.05. The van der Waals surface area contributed by atoms with Gasteiger partial charge in [-0.1, -0.05) is 6.42 Å². The summed E-state index contributed by atoms with van der Waals surface area (Å²) in [6.07, 6.45) is 6.04. The van der Waals surface area contributed by atoms with E-state index >= 15 is 0 Å². The fourth-order valence-electron chi connectivity index (χ4n) is 3.48. The molecule has 1 aliphatic heterocycles. The van der Waals surface area contributed by atoms with E-state index in [-0.39, 0.29) is 16.9 Å². The first-order valence-electron chi connectivity index (χ1n) is 7.90. The molecule has 116 valence electrons. The van der Waals surface area contributed by atoms with E-state index in [9.17, 15) is 13.2 Å². The molecule has 2 unspecified atom stereocenters. The summed E-state index contributed by atoms with van der Waals surface area (Å²) in [5.41, 5.74) is 0. The third kappa shape index (κ3) is 3.61. The molecule has 0 bridgehead atoms. The summed E-state index contributed by atoms with van der Waals surface area (Å²) in [7, 11) is -2.98. The van der Waals surface area contributed by atoms with Crippen LogP contribution >= 0.6 is 0 Å². The van der Waals surface area contributed by atoms with E-state index in [0.29, 0.717) is 18.4 Å². The number of hydrogen-bond donors (Lipinski definition) is 0. The van der Waals surface area contributed by atoms with Crippen molar-refractivity contribution >= 4 is 15.6 Å². The summed E-state index contributed by atoms with van der Waals surface area (Å²) in [5, 5.41) is -0.306. The van der Waals surface area contributed by atoms with Crippen LogP contribution in [0.15, 0.2) is 0 Å². The van der Waals surface area contributed by atoms with Gasteiger partial charge in [-0.05, 0) is 46.1 Å². The summed E-state index contributed by atoms with van der Waals surface area (Å²) < 4.78 is 23.9. The molecule has 0 aromatic carbocycles.